The molecule has 7 rings (SSSR count). The Hall–Kier alpha value is -4.47. The van der Waals surface area contributed by atoms with E-state index in [9.17, 15) is 0 Å². The zero-order valence-corrected chi connectivity index (χ0v) is 37.4. The molecule has 0 fully saturated rings. The van der Waals surface area contributed by atoms with Crippen LogP contribution in [0.2, 0.25) is 0 Å². The van der Waals surface area contributed by atoms with Crippen molar-refractivity contribution in [1.29, 1.82) is 0 Å². The predicted molar refractivity (Wildman–Crippen MR) is 230 cm³/mol. The van der Waals surface area contributed by atoms with Crippen LogP contribution < -0.4 is 4.74 Å². The summed E-state index contributed by atoms with van der Waals surface area (Å²) in [6.07, 6.45) is 4.00. The van der Waals surface area contributed by atoms with Crippen molar-refractivity contribution in [2.75, 3.05) is 0 Å². The zero-order chi connectivity index (χ0) is 39.3. The molecule has 0 atom stereocenters. The average Bonchev–Trinajstić information content (AvgIpc) is 3.62. The molecule has 0 radical (unpaired) electrons. The van der Waals surface area contributed by atoms with Gasteiger partial charge in [0.15, 0.2) is 0 Å². The third-order valence-corrected chi connectivity index (χ3v) is 11.0. The van der Waals surface area contributed by atoms with Crippen LogP contribution in [0.25, 0.3) is 44.4 Å². The van der Waals surface area contributed by atoms with Gasteiger partial charge in [0.25, 0.3) is 0 Å². The minimum Gasteiger partial charge on any atom is -0.509 e. The molecule has 0 N–H and O–H groups in total. The van der Waals surface area contributed by atoms with Crippen molar-refractivity contribution in [2.45, 2.75) is 119 Å². The Morgan fingerprint density at radius 1 is 0.750 bits per heavy atom. The van der Waals surface area contributed by atoms with Gasteiger partial charge >= 0.3 is 21.1 Å². The van der Waals surface area contributed by atoms with Crippen LogP contribution in [0.3, 0.4) is 0 Å². The summed E-state index contributed by atoms with van der Waals surface area (Å²) >= 11 is 0. The Labute approximate surface area is 348 Å². The summed E-state index contributed by atoms with van der Waals surface area (Å²) in [5.74, 6) is 3.33. The molecule has 0 spiro atoms. The van der Waals surface area contributed by atoms with Crippen molar-refractivity contribution in [3.63, 3.8) is 0 Å². The maximum Gasteiger partial charge on any atom is 2.00 e. The number of fused-ring (bicyclic) bond motifs is 3. The van der Waals surface area contributed by atoms with Crippen LogP contribution in [0.4, 0.5) is 0 Å². The Balaban J connectivity index is 0.00000532. The van der Waals surface area contributed by atoms with Gasteiger partial charge in [0.2, 0.25) is 0 Å². The van der Waals surface area contributed by atoms with Crippen LogP contribution in [0.1, 0.15) is 133 Å². The summed E-state index contributed by atoms with van der Waals surface area (Å²) in [6.45, 7) is 27.0. The average molecular weight is 924 g/mol. The summed E-state index contributed by atoms with van der Waals surface area (Å²) in [5.41, 5.74) is 14.0. The largest absolute Gasteiger partial charge is 2.00 e. The molecule has 5 nitrogen and oxygen atoms in total. The van der Waals surface area contributed by atoms with Gasteiger partial charge in [-0.15, -0.1) is 41.3 Å². The fourth-order valence-electron chi connectivity index (χ4n) is 7.93. The van der Waals surface area contributed by atoms with E-state index in [2.05, 4.69) is 171 Å². The van der Waals surface area contributed by atoms with E-state index in [1.807, 2.05) is 12.3 Å². The molecule has 56 heavy (non-hydrogen) atoms. The Bertz CT molecular complexity index is 2500. The van der Waals surface area contributed by atoms with Crippen LogP contribution in [0.5, 0.6) is 11.5 Å². The van der Waals surface area contributed by atoms with Crippen molar-refractivity contribution in [1.82, 2.24) is 19.3 Å². The van der Waals surface area contributed by atoms with E-state index >= 15 is 0 Å². The quantitative estimate of drug-likeness (QED) is 0.128. The number of para-hydroxylation sites is 1. The van der Waals surface area contributed by atoms with E-state index in [1.54, 1.807) is 0 Å². The summed E-state index contributed by atoms with van der Waals surface area (Å²) in [4.78, 5) is 4.83. The van der Waals surface area contributed by atoms with E-state index < -0.39 is 0 Å². The van der Waals surface area contributed by atoms with Gasteiger partial charge in [0.1, 0.15) is 5.82 Å². The molecule has 0 saturated heterocycles. The fraction of sp³-hybridized carbons (Fsp3) is 0.360. The summed E-state index contributed by atoms with van der Waals surface area (Å²) in [7, 11) is 0. The molecule has 0 amide bonds. The van der Waals surface area contributed by atoms with Gasteiger partial charge in [-0.25, -0.2) is 4.98 Å². The Morgan fingerprint density at radius 3 is 2.09 bits per heavy atom. The fourth-order valence-corrected chi connectivity index (χ4v) is 7.93. The normalized spacial score (nSPS) is 12.1. The molecule has 4 aromatic carbocycles. The number of hydrogen-bond acceptors (Lipinski definition) is 3. The molecule has 0 aliphatic rings. The van der Waals surface area contributed by atoms with E-state index in [-0.39, 0.29) is 26.5 Å². The molecule has 6 heteroatoms. The first-order chi connectivity index (χ1) is 26.2. The van der Waals surface area contributed by atoms with E-state index in [1.165, 1.54) is 33.4 Å². The van der Waals surface area contributed by atoms with Gasteiger partial charge in [0.05, 0.1) is 5.69 Å². The maximum absolute atomic E-state index is 6.75. The van der Waals surface area contributed by atoms with E-state index in [0.29, 0.717) is 29.3 Å². The van der Waals surface area contributed by atoms with Gasteiger partial charge in [-0.2, -0.15) is 11.2 Å². The first-order valence-corrected chi connectivity index (χ1v) is 20.1. The minimum absolute atomic E-state index is 0. The van der Waals surface area contributed by atoms with Crippen molar-refractivity contribution in [3.05, 3.63) is 130 Å². The van der Waals surface area contributed by atoms with Crippen molar-refractivity contribution in [3.8, 4) is 34.1 Å². The maximum atomic E-state index is 6.75. The monoisotopic (exact) mass is 923 g/mol. The number of hydrogen-bond donors (Lipinski definition) is 0. The molecular formula is C50H56N4OPt. The Morgan fingerprint density at radius 2 is 1.45 bits per heavy atom. The number of benzene rings is 4. The molecule has 0 aliphatic heterocycles. The molecule has 0 bridgehead atoms. The molecule has 3 aromatic heterocycles. The second kappa shape index (κ2) is 16.2. The van der Waals surface area contributed by atoms with Gasteiger partial charge in [-0.05, 0) is 101 Å². The van der Waals surface area contributed by atoms with Gasteiger partial charge < -0.3 is 9.30 Å². The van der Waals surface area contributed by atoms with Gasteiger partial charge in [0, 0.05) is 34.5 Å². The smallest absolute Gasteiger partial charge is 0.509 e. The topological polar surface area (TPSA) is 44.9 Å². The molecule has 0 unspecified atom stereocenters. The number of rotatable bonds is 10. The number of nitrogens with zero attached hydrogens (tertiary/aromatic N) is 4. The van der Waals surface area contributed by atoms with Crippen LogP contribution in [-0.2, 0) is 32.9 Å². The molecule has 0 aliphatic carbocycles. The minimum atomic E-state index is -0.140. The zero-order valence-electron chi connectivity index (χ0n) is 35.2. The number of aromatic nitrogens is 4. The van der Waals surface area contributed by atoms with Crippen LogP contribution in [0, 0.1) is 26.0 Å². The molecular weight excluding hydrogens is 868 g/mol. The summed E-state index contributed by atoms with van der Waals surface area (Å²) in [5, 5.41) is 7.50. The molecule has 3 heterocycles. The van der Waals surface area contributed by atoms with E-state index in [0.717, 1.165) is 63.1 Å². The Kier molecular flexibility index (Phi) is 11.9. The van der Waals surface area contributed by atoms with E-state index in [4.69, 9.17) is 14.8 Å². The number of pyridine rings is 1. The standard InChI is InChI=1S/C50H56N4O.Pt/c1-13-16-35-21-22-51-47(23-35)53-45-18-15-14-17-41(45)42-20-19-39(29-46(42)53)55-40-27-37(50(10,11)12)26-38(28-40)54-34(9)48(33(8)52-54)49-43(31(4)5)24-36(30(2)3)25-44(49)32(6)7;/h14-15,17-27,30-32H,13,16H2,1-12H3;/q-2;+2. The van der Waals surface area contributed by atoms with Crippen molar-refractivity contribution < 1.29 is 25.8 Å². The van der Waals surface area contributed by atoms with Gasteiger partial charge in [-0.1, -0.05) is 112 Å². The second-order valence-corrected chi connectivity index (χ2v) is 17.2. The third-order valence-electron chi connectivity index (χ3n) is 11.0. The summed E-state index contributed by atoms with van der Waals surface area (Å²) in [6, 6.07) is 33.4. The van der Waals surface area contributed by atoms with Crippen molar-refractivity contribution >= 4 is 21.8 Å². The van der Waals surface area contributed by atoms with Crippen molar-refractivity contribution in [2.24, 2.45) is 0 Å². The summed E-state index contributed by atoms with van der Waals surface area (Å²) < 4.78 is 11.0. The molecule has 7 aromatic rings. The van der Waals surface area contributed by atoms with Crippen LogP contribution in [-0.4, -0.2) is 19.3 Å². The number of aryl methyl sites for hydroxylation is 2. The predicted octanol–water partition coefficient (Wildman–Crippen LogP) is 13.7. The first kappa shape index (κ1) is 41.2. The third kappa shape index (κ3) is 7.77. The van der Waals surface area contributed by atoms with Crippen LogP contribution >= 0.6 is 0 Å². The number of ether oxygens (including phenoxy) is 1. The van der Waals surface area contributed by atoms with Crippen LogP contribution in [0.15, 0.2) is 79.0 Å². The first-order valence-electron chi connectivity index (χ1n) is 20.1. The molecule has 0 saturated carbocycles. The SMILES string of the molecule is CCCc1ccnc(-n2c3[c-]c(Oc4[c-]c(-n5nc(C)c(-c6c(C(C)C)cc(C(C)C)cc6C(C)C)c5C)cc(C(C)(C)C)c4)ccc3c3ccccc32)c1.[Pt+2]. The second-order valence-electron chi connectivity index (χ2n) is 17.2. The molecule has 292 valence electrons. The van der Waals surface area contributed by atoms with Gasteiger partial charge in [-0.3, -0.25) is 4.68 Å².